The Morgan fingerprint density at radius 2 is 1.69 bits per heavy atom. The first-order chi connectivity index (χ1) is 15.6. The van der Waals surface area contributed by atoms with Crippen LogP contribution in [0.2, 0.25) is 0 Å². The average molecular weight is 433 g/mol. The van der Waals surface area contributed by atoms with Gasteiger partial charge in [-0.2, -0.15) is 4.39 Å². The van der Waals surface area contributed by atoms with E-state index in [2.05, 4.69) is 15.3 Å². The number of aromatic nitrogens is 2. The number of carbonyl (C=O) groups is 1. The third-order valence-electron chi connectivity index (χ3n) is 6.35. The summed E-state index contributed by atoms with van der Waals surface area (Å²) in [6, 6.07) is 16.7. The summed E-state index contributed by atoms with van der Waals surface area (Å²) < 4.78 is 13.6. The fraction of sp³-hybridized carbons (Fsp3) is 0.346. The van der Waals surface area contributed by atoms with E-state index in [-0.39, 0.29) is 17.9 Å². The standard InChI is InChI=1S/C26H29FN4O/c27-25-16-22(11-13-30-25)21-10-12-29-23(15-21)24(14-18-4-2-1-3-5-18)31-26(32)20-8-6-19(17-28)7-9-20/h1-5,10-13,15-16,19-20,24H,6-9,14,17,28H2,(H,31,32). The molecule has 0 saturated heterocycles. The molecule has 3 N–H and O–H groups in total. The first-order valence-electron chi connectivity index (χ1n) is 11.2. The van der Waals surface area contributed by atoms with Crippen molar-refractivity contribution in [1.29, 1.82) is 0 Å². The molecule has 1 saturated carbocycles. The minimum atomic E-state index is -0.525. The van der Waals surface area contributed by atoms with Crippen molar-refractivity contribution in [3.05, 3.63) is 84.2 Å². The summed E-state index contributed by atoms with van der Waals surface area (Å²) in [6.45, 7) is 0.692. The third kappa shape index (κ3) is 5.56. The van der Waals surface area contributed by atoms with Crippen LogP contribution in [0.1, 0.15) is 43.0 Å². The zero-order valence-electron chi connectivity index (χ0n) is 18.1. The molecule has 1 aliphatic carbocycles. The minimum absolute atomic E-state index is 0.00792. The Kier molecular flexibility index (Phi) is 7.22. The molecule has 1 amide bonds. The van der Waals surface area contributed by atoms with Crippen LogP contribution in [-0.2, 0) is 11.2 Å². The Morgan fingerprint density at radius 3 is 2.38 bits per heavy atom. The lowest BCUT2D eigenvalue weighted by molar-refractivity contribution is -0.127. The van der Waals surface area contributed by atoms with Gasteiger partial charge in [-0.3, -0.25) is 9.78 Å². The van der Waals surface area contributed by atoms with Crippen LogP contribution in [-0.4, -0.2) is 22.4 Å². The molecule has 1 fully saturated rings. The third-order valence-corrected chi connectivity index (χ3v) is 6.35. The number of hydrogen-bond acceptors (Lipinski definition) is 4. The molecular weight excluding hydrogens is 403 g/mol. The highest BCUT2D eigenvalue weighted by Gasteiger charge is 2.28. The molecule has 1 aromatic carbocycles. The Balaban J connectivity index is 1.57. The molecular formula is C26H29FN4O. The van der Waals surface area contributed by atoms with E-state index in [0.29, 0.717) is 18.9 Å². The largest absolute Gasteiger partial charge is 0.347 e. The number of halogens is 1. The Labute approximate surface area is 188 Å². The van der Waals surface area contributed by atoms with Gasteiger partial charge >= 0.3 is 0 Å². The van der Waals surface area contributed by atoms with E-state index in [4.69, 9.17) is 5.73 Å². The predicted molar refractivity (Wildman–Crippen MR) is 123 cm³/mol. The first kappa shape index (κ1) is 22.1. The van der Waals surface area contributed by atoms with E-state index in [1.54, 1.807) is 12.3 Å². The van der Waals surface area contributed by atoms with Crippen molar-refractivity contribution < 1.29 is 9.18 Å². The zero-order chi connectivity index (χ0) is 22.3. The fourth-order valence-electron chi connectivity index (χ4n) is 4.43. The second-order valence-electron chi connectivity index (χ2n) is 8.54. The van der Waals surface area contributed by atoms with E-state index in [1.165, 1.54) is 12.3 Å². The molecule has 1 aliphatic rings. The Morgan fingerprint density at radius 1 is 1.00 bits per heavy atom. The van der Waals surface area contributed by atoms with E-state index < -0.39 is 5.95 Å². The SMILES string of the molecule is NCC1CCC(C(=O)NC(Cc2ccccc2)c2cc(-c3ccnc(F)c3)ccn2)CC1. The van der Waals surface area contributed by atoms with Crippen molar-refractivity contribution in [3.8, 4) is 11.1 Å². The van der Waals surface area contributed by atoms with Crippen molar-refractivity contribution >= 4 is 5.91 Å². The lowest BCUT2D eigenvalue weighted by atomic mass is 9.81. The van der Waals surface area contributed by atoms with Crippen LogP contribution in [0.5, 0.6) is 0 Å². The van der Waals surface area contributed by atoms with Gasteiger partial charge in [-0.25, -0.2) is 4.98 Å². The predicted octanol–water partition coefficient (Wildman–Crippen LogP) is 4.45. The summed E-state index contributed by atoms with van der Waals surface area (Å²) in [4.78, 5) is 21.3. The molecule has 0 bridgehead atoms. The summed E-state index contributed by atoms with van der Waals surface area (Å²) in [7, 11) is 0. The highest BCUT2D eigenvalue weighted by Crippen LogP contribution is 2.30. The summed E-state index contributed by atoms with van der Waals surface area (Å²) in [5.41, 5.74) is 9.24. The van der Waals surface area contributed by atoms with Crippen molar-refractivity contribution in [2.24, 2.45) is 17.6 Å². The average Bonchev–Trinajstić information content (AvgIpc) is 2.84. The van der Waals surface area contributed by atoms with Gasteiger partial charge in [0, 0.05) is 24.4 Å². The summed E-state index contributed by atoms with van der Waals surface area (Å²) >= 11 is 0. The van der Waals surface area contributed by atoms with Crippen molar-refractivity contribution in [2.75, 3.05) is 6.54 Å². The quantitative estimate of drug-likeness (QED) is 0.541. The number of amides is 1. The van der Waals surface area contributed by atoms with Gasteiger partial charge in [0.1, 0.15) is 0 Å². The maximum absolute atomic E-state index is 13.6. The minimum Gasteiger partial charge on any atom is -0.347 e. The number of rotatable bonds is 7. The van der Waals surface area contributed by atoms with Crippen LogP contribution in [0.3, 0.4) is 0 Å². The zero-order valence-corrected chi connectivity index (χ0v) is 18.1. The van der Waals surface area contributed by atoms with E-state index in [0.717, 1.165) is 48.1 Å². The van der Waals surface area contributed by atoms with Crippen molar-refractivity contribution in [3.63, 3.8) is 0 Å². The normalized spacial score (nSPS) is 19.3. The molecule has 2 aromatic heterocycles. The molecule has 4 rings (SSSR count). The summed E-state index contributed by atoms with van der Waals surface area (Å²) in [6.07, 6.45) is 7.53. The summed E-state index contributed by atoms with van der Waals surface area (Å²) in [5, 5.41) is 3.26. The highest BCUT2D eigenvalue weighted by molar-refractivity contribution is 5.79. The van der Waals surface area contributed by atoms with Crippen LogP contribution in [0, 0.1) is 17.8 Å². The van der Waals surface area contributed by atoms with Gasteiger partial charge in [0.15, 0.2) is 0 Å². The molecule has 0 radical (unpaired) electrons. The van der Waals surface area contributed by atoms with Gasteiger partial charge in [0.25, 0.3) is 0 Å². The number of nitrogens with one attached hydrogen (secondary N) is 1. The molecule has 0 spiro atoms. The number of nitrogens with zero attached hydrogens (tertiary/aromatic N) is 2. The van der Waals surface area contributed by atoms with Gasteiger partial charge in [-0.1, -0.05) is 30.3 Å². The molecule has 1 atom stereocenters. The number of pyridine rings is 2. The van der Waals surface area contributed by atoms with Crippen molar-refractivity contribution in [1.82, 2.24) is 15.3 Å². The van der Waals surface area contributed by atoms with Crippen LogP contribution in [0.25, 0.3) is 11.1 Å². The van der Waals surface area contributed by atoms with Gasteiger partial charge in [0.2, 0.25) is 11.9 Å². The highest BCUT2D eigenvalue weighted by atomic mass is 19.1. The molecule has 166 valence electrons. The van der Waals surface area contributed by atoms with Crippen LogP contribution >= 0.6 is 0 Å². The molecule has 1 unspecified atom stereocenters. The van der Waals surface area contributed by atoms with Crippen molar-refractivity contribution in [2.45, 2.75) is 38.1 Å². The number of carbonyl (C=O) groups excluding carboxylic acids is 1. The fourth-order valence-corrected chi connectivity index (χ4v) is 4.43. The molecule has 6 heteroatoms. The molecule has 5 nitrogen and oxygen atoms in total. The molecule has 0 aliphatic heterocycles. The maximum atomic E-state index is 13.6. The lowest BCUT2D eigenvalue weighted by Crippen LogP contribution is -2.37. The second-order valence-corrected chi connectivity index (χ2v) is 8.54. The Bertz CT molecular complexity index is 1030. The smallest absolute Gasteiger partial charge is 0.223 e. The first-order valence-corrected chi connectivity index (χ1v) is 11.2. The van der Waals surface area contributed by atoms with Gasteiger partial charge in [0.05, 0.1) is 11.7 Å². The monoisotopic (exact) mass is 432 g/mol. The molecule has 2 heterocycles. The van der Waals surface area contributed by atoms with Crippen LogP contribution < -0.4 is 11.1 Å². The number of nitrogens with two attached hydrogens (primary N) is 1. The lowest BCUT2D eigenvalue weighted by Gasteiger charge is -2.28. The van der Waals surface area contributed by atoms with E-state index >= 15 is 0 Å². The molecule has 3 aromatic rings. The number of hydrogen-bond donors (Lipinski definition) is 2. The second kappa shape index (κ2) is 10.5. The van der Waals surface area contributed by atoms with Gasteiger partial charge < -0.3 is 11.1 Å². The Hall–Kier alpha value is -3.12. The number of benzene rings is 1. The summed E-state index contributed by atoms with van der Waals surface area (Å²) in [5.74, 6) is 0.0819. The van der Waals surface area contributed by atoms with Crippen LogP contribution in [0.4, 0.5) is 4.39 Å². The van der Waals surface area contributed by atoms with Crippen LogP contribution in [0.15, 0.2) is 67.0 Å². The van der Waals surface area contributed by atoms with Gasteiger partial charge in [-0.15, -0.1) is 0 Å². The van der Waals surface area contributed by atoms with Gasteiger partial charge in [-0.05, 0) is 79.5 Å². The van der Waals surface area contributed by atoms with E-state index in [9.17, 15) is 9.18 Å². The van der Waals surface area contributed by atoms with E-state index in [1.807, 2.05) is 42.5 Å². The topological polar surface area (TPSA) is 80.9 Å². The molecule has 32 heavy (non-hydrogen) atoms. The maximum Gasteiger partial charge on any atom is 0.223 e.